The molecule has 0 heterocycles. The van der Waals surface area contributed by atoms with Crippen LogP contribution in [0.5, 0.6) is 0 Å². The number of rotatable bonds is 2. The van der Waals surface area contributed by atoms with Crippen LogP contribution in [0.3, 0.4) is 0 Å². The minimum absolute atomic E-state index is 0. The fourth-order valence-electron chi connectivity index (χ4n) is 0.774. The SMILES string of the molecule is CCN(C)C1CC1.Cl. The van der Waals surface area contributed by atoms with Gasteiger partial charge >= 0.3 is 0 Å². The van der Waals surface area contributed by atoms with Gasteiger partial charge in [-0.15, -0.1) is 12.4 Å². The van der Waals surface area contributed by atoms with Crippen molar-refractivity contribution in [2.24, 2.45) is 0 Å². The second-order valence-electron chi connectivity index (χ2n) is 2.30. The van der Waals surface area contributed by atoms with E-state index in [4.69, 9.17) is 0 Å². The van der Waals surface area contributed by atoms with Gasteiger partial charge in [-0.25, -0.2) is 0 Å². The Morgan fingerprint density at radius 1 is 1.50 bits per heavy atom. The zero-order valence-corrected chi connectivity index (χ0v) is 6.37. The summed E-state index contributed by atoms with van der Waals surface area (Å²) >= 11 is 0. The molecule has 1 saturated carbocycles. The number of nitrogens with zero attached hydrogens (tertiary/aromatic N) is 1. The third kappa shape index (κ3) is 2.01. The molecule has 0 unspecified atom stereocenters. The molecule has 1 aliphatic carbocycles. The summed E-state index contributed by atoms with van der Waals surface area (Å²) in [6.07, 6.45) is 2.87. The van der Waals surface area contributed by atoms with Crippen molar-refractivity contribution in [1.29, 1.82) is 0 Å². The van der Waals surface area contributed by atoms with Gasteiger partial charge in [-0.05, 0) is 26.4 Å². The Morgan fingerprint density at radius 3 is 2.12 bits per heavy atom. The maximum absolute atomic E-state index is 2.40. The van der Waals surface area contributed by atoms with E-state index in [9.17, 15) is 0 Å². The monoisotopic (exact) mass is 135 g/mol. The van der Waals surface area contributed by atoms with Crippen LogP contribution in [0.25, 0.3) is 0 Å². The van der Waals surface area contributed by atoms with E-state index in [-0.39, 0.29) is 12.4 Å². The Kier molecular flexibility index (Phi) is 3.41. The molecular formula is C6H14ClN. The van der Waals surface area contributed by atoms with E-state index in [1.807, 2.05) is 0 Å². The molecule has 0 N–H and O–H groups in total. The molecule has 50 valence electrons. The summed E-state index contributed by atoms with van der Waals surface area (Å²) in [5.74, 6) is 0. The van der Waals surface area contributed by atoms with Crippen molar-refractivity contribution in [2.75, 3.05) is 13.6 Å². The lowest BCUT2D eigenvalue weighted by Crippen LogP contribution is -2.19. The Labute approximate surface area is 57.5 Å². The van der Waals surface area contributed by atoms with Gasteiger partial charge in [-0.1, -0.05) is 6.92 Å². The highest BCUT2D eigenvalue weighted by Gasteiger charge is 2.24. The van der Waals surface area contributed by atoms with Crippen molar-refractivity contribution in [3.05, 3.63) is 0 Å². The van der Waals surface area contributed by atoms with Gasteiger partial charge in [0, 0.05) is 6.04 Å². The Bertz CT molecular complexity index is 61.5. The molecule has 0 aromatic heterocycles. The highest BCUT2D eigenvalue weighted by atomic mass is 35.5. The highest BCUT2D eigenvalue weighted by molar-refractivity contribution is 5.85. The maximum atomic E-state index is 2.40. The first-order valence-corrected chi connectivity index (χ1v) is 3.05. The van der Waals surface area contributed by atoms with Crippen molar-refractivity contribution in [2.45, 2.75) is 25.8 Å². The van der Waals surface area contributed by atoms with Crippen LogP contribution in [0.4, 0.5) is 0 Å². The first-order valence-electron chi connectivity index (χ1n) is 3.05. The van der Waals surface area contributed by atoms with Gasteiger partial charge in [0.2, 0.25) is 0 Å². The highest BCUT2D eigenvalue weighted by Crippen LogP contribution is 2.24. The molecule has 0 amide bonds. The van der Waals surface area contributed by atoms with Crippen LogP contribution in [-0.4, -0.2) is 24.5 Å². The van der Waals surface area contributed by atoms with Crippen molar-refractivity contribution in [3.8, 4) is 0 Å². The molecular weight excluding hydrogens is 122 g/mol. The summed E-state index contributed by atoms with van der Waals surface area (Å²) in [5, 5.41) is 0. The third-order valence-electron chi connectivity index (χ3n) is 1.67. The van der Waals surface area contributed by atoms with Gasteiger partial charge < -0.3 is 4.90 Å². The Hall–Kier alpha value is 0.250. The quantitative estimate of drug-likeness (QED) is 0.555. The summed E-state index contributed by atoms with van der Waals surface area (Å²) in [7, 11) is 2.19. The van der Waals surface area contributed by atoms with E-state index in [1.165, 1.54) is 19.4 Å². The average molecular weight is 136 g/mol. The Balaban J connectivity index is 0.000000490. The van der Waals surface area contributed by atoms with Gasteiger partial charge in [0.25, 0.3) is 0 Å². The van der Waals surface area contributed by atoms with Gasteiger partial charge in [0.05, 0.1) is 0 Å². The van der Waals surface area contributed by atoms with Gasteiger partial charge in [-0.2, -0.15) is 0 Å². The van der Waals surface area contributed by atoms with Crippen LogP contribution in [0, 0.1) is 0 Å². The number of halogens is 1. The third-order valence-corrected chi connectivity index (χ3v) is 1.67. The summed E-state index contributed by atoms with van der Waals surface area (Å²) in [5.41, 5.74) is 0. The lowest BCUT2D eigenvalue weighted by atomic mass is 10.5. The first-order chi connectivity index (χ1) is 3.34. The topological polar surface area (TPSA) is 3.24 Å². The smallest absolute Gasteiger partial charge is 0.00932 e. The average Bonchev–Trinajstić information content (AvgIpc) is 2.44. The van der Waals surface area contributed by atoms with E-state index >= 15 is 0 Å². The molecule has 0 aliphatic heterocycles. The second-order valence-corrected chi connectivity index (χ2v) is 2.30. The lowest BCUT2D eigenvalue weighted by Gasteiger charge is -2.10. The molecule has 8 heavy (non-hydrogen) atoms. The predicted molar refractivity (Wildman–Crippen MR) is 38.6 cm³/mol. The van der Waals surface area contributed by atoms with Crippen LogP contribution in [0.1, 0.15) is 19.8 Å². The lowest BCUT2D eigenvalue weighted by molar-refractivity contribution is 0.343. The summed E-state index contributed by atoms with van der Waals surface area (Å²) in [6.45, 7) is 3.42. The zero-order chi connectivity index (χ0) is 5.28. The van der Waals surface area contributed by atoms with Crippen LogP contribution in [-0.2, 0) is 0 Å². The van der Waals surface area contributed by atoms with Gasteiger partial charge in [-0.3, -0.25) is 0 Å². The molecule has 0 aromatic rings. The summed E-state index contributed by atoms with van der Waals surface area (Å²) < 4.78 is 0. The molecule has 0 aromatic carbocycles. The van der Waals surface area contributed by atoms with Gasteiger partial charge in [0.1, 0.15) is 0 Å². The largest absolute Gasteiger partial charge is 0.304 e. The Morgan fingerprint density at radius 2 is 2.00 bits per heavy atom. The van der Waals surface area contributed by atoms with Crippen LogP contribution in [0.2, 0.25) is 0 Å². The number of hydrogen-bond acceptors (Lipinski definition) is 1. The molecule has 1 aliphatic rings. The molecule has 1 rings (SSSR count). The van der Waals surface area contributed by atoms with Crippen LogP contribution in [0.15, 0.2) is 0 Å². The standard InChI is InChI=1S/C6H13N.ClH/c1-3-7(2)6-4-5-6;/h6H,3-5H2,1-2H3;1H. The van der Waals surface area contributed by atoms with E-state index in [2.05, 4.69) is 18.9 Å². The van der Waals surface area contributed by atoms with Crippen LogP contribution < -0.4 is 0 Å². The molecule has 0 atom stereocenters. The predicted octanol–water partition coefficient (Wildman–Crippen LogP) is 1.52. The fourth-order valence-corrected chi connectivity index (χ4v) is 0.774. The van der Waals surface area contributed by atoms with E-state index < -0.39 is 0 Å². The summed E-state index contributed by atoms with van der Waals surface area (Å²) in [6, 6.07) is 0.949. The van der Waals surface area contributed by atoms with E-state index in [1.54, 1.807) is 0 Å². The van der Waals surface area contributed by atoms with Crippen molar-refractivity contribution in [1.82, 2.24) is 4.90 Å². The van der Waals surface area contributed by atoms with E-state index in [0.717, 1.165) is 6.04 Å². The second kappa shape index (κ2) is 3.31. The fraction of sp³-hybridized carbons (Fsp3) is 1.00. The molecule has 1 nitrogen and oxygen atoms in total. The van der Waals surface area contributed by atoms with Gasteiger partial charge in [0.15, 0.2) is 0 Å². The van der Waals surface area contributed by atoms with Crippen molar-refractivity contribution in [3.63, 3.8) is 0 Å². The molecule has 1 fully saturated rings. The first kappa shape index (κ1) is 8.25. The maximum Gasteiger partial charge on any atom is 0.00932 e. The van der Waals surface area contributed by atoms with E-state index in [0.29, 0.717) is 0 Å². The molecule has 0 bridgehead atoms. The molecule has 0 radical (unpaired) electrons. The minimum Gasteiger partial charge on any atom is -0.304 e. The molecule has 2 heteroatoms. The summed E-state index contributed by atoms with van der Waals surface area (Å²) in [4.78, 5) is 2.40. The normalized spacial score (nSPS) is 18.4. The minimum atomic E-state index is 0. The zero-order valence-electron chi connectivity index (χ0n) is 5.55. The van der Waals surface area contributed by atoms with Crippen molar-refractivity contribution >= 4 is 12.4 Å². The molecule has 0 spiro atoms. The molecule has 0 saturated heterocycles. The van der Waals surface area contributed by atoms with Crippen LogP contribution >= 0.6 is 12.4 Å². The van der Waals surface area contributed by atoms with Crippen molar-refractivity contribution < 1.29 is 0 Å². The number of hydrogen-bond donors (Lipinski definition) is 0.